The smallest absolute Gasteiger partial charge is 0.204 e. The summed E-state index contributed by atoms with van der Waals surface area (Å²) in [4.78, 5) is 4.58. The highest BCUT2D eigenvalue weighted by Crippen LogP contribution is 2.17. The van der Waals surface area contributed by atoms with Gasteiger partial charge < -0.3 is 5.32 Å². The molecule has 0 unspecified atom stereocenters. The number of nitrogens with one attached hydrogen (secondary N) is 2. The Balaban J connectivity index is 2.14. The van der Waals surface area contributed by atoms with Crippen molar-refractivity contribution in [2.75, 3.05) is 11.9 Å². The van der Waals surface area contributed by atoms with Gasteiger partial charge in [-0.2, -0.15) is 0 Å². The lowest BCUT2D eigenvalue weighted by Crippen LogP contribution is -2.29. The third-order valence-electron chi connectivity index (χ3n) is 2.96. The van der Waals surface area contributed by atoms with E-state index in [0.29, 0.717) is 5.49 Å². The van der Waals surface area contributed by atoms with Crippen LogP contribution >= 0.6 is 0 Å². The third-order valence-corrected chi connectivity index (χ3v) is 2.96. The molecule has 17 heavy (non-hydrogen) atoms. The fourth-order valence-electron chi connectivity index (χ4n) is 2.08. The van der Waals surface area contributed by atoms with E-state index in [9.17, 15) is 0 Å². The number of anilines is 1. The van der Waals surface area contributed by atoms with E-state index in [-0.39, 0.29) is 0 Å². The summed E-state index contributed by atoms with van der Waals surface area (Å²) in [5.41, 5.74) is 2.43. The van der Waals surface area contributed by atoms with Crippen LogP contribution in [0.5, 0.6) is 0 Å². The number of rotatable bonds is 1. The molecular weight excluding hydrogens is 212 g/mol. The van der Waals surface area contributed by atoms with E-state index in [1.807, 2.05) is 41.0 Å². The minimum atomic E-state index is 0.515. The average Bonchev–Trinajstić information content (AvgIpc) is 2.40. The van der Waals surface area contributed by atoms with Crippen LogP contribution in [0.1, 0.15) is 6.42 Å². The van der Waals surface area contributed by atoms with Crippen molar-refractivity contribution >= 4 is 5.95 Å². The van der Waals surface area contributed by atoms with Gasteiger partial charge in [-0.15, -0.1) is 0 Å². The SMILES string of the molecule is N=c1cc(-c2ccccc2)nc2n1CCCN2. The molecule has 3 rings (SSSR count). The Morgan fingerprint density at radius 2 is 2.06 bits per heavy atom. The van der Waals surface area contributed by atoms with Crippen molar-refractivity contribution in [3.63, 3.8) is 0 Å². The Hall–Kier alpha value is -2.10. The van der Waals surface area contributed by atoms with Crippen LogP contribution in [-0.4, -0.2) is 16.1 Å². The summed E-state index contributed by atoms with van der Waals surface area (Å²) in [6.45, 7) is 1.81. The van der Waals surface area contributed by atoms with Crippen molar-refractivity contribution in [2.24, 2.45) is 0 Å². The first-order chi connectivity index (χ1) is 8.34. The first kappa shape index (κ1) is 10.1. The van der Waals surface area contributed by atoms with Gasteiger partial charge in [-0.25, -0.2) is 4.98 Å². The zero-order valence-electron chi connectivity index (χ0n) is 9.48. The molecular formula is C13H14N4. The molecule has 2 heterocycles. The van der Waals surface area contributed by atoms with Gasteiger partial charge in [0.25, 0.3) is 0 Å². The largest absolute Gasteiger partial charge is 0.356 e. The van der Waals surface area contributed by atoms with E-state index in [0.717, 1.165) is 36.7 Å². The lowest BCUT2D eigenvalue weighted by Gasteiger charge is -2.20. The van der Waals surface area contributed by atoms with Crippen LogP contribution < -0.4 is 10.8 Å². The molecule has 86 valence electrons. The van der Waals surface area contributed by atoms with Crippen LogP contribution in [0.25, 0.3) is 11.3 Å². The zero-order valence-corrected chi connectivity index (χ0v) is 9.48. The highest BCUT2D eigenvalue weighted by Gasteiger charge is 2.11. The van der Waals surface area contributed by atoms with Gasteiger partial charge in [-0.3, -0.25) is 9.98 Å². The van der Waals surface area contributed by atoms with E-state index in [4.69, 9.17) is 5.41 Å². The van der Waals surface area contributed by atoms with Crippen LogP contribution in [0.3, 0.4) is 0 Å². The molecule has 1 aliphatic rings. The Morgan fingerprint density at radius 3 is 2.88 bits per heavy atom. The second-order valence-electron chi connectivity index (χ2n) is 4.15. The van der Waals surface area contributed by atoms with Crippen LogP contribution in [0, 0.1) is 5.41 Å². The second-order valence-corrected chi connectivity index (χ2v) is 4.15. The second kappa shape index (κ2) is 4.05. The van der Waals surface area contributed by atoms with E-state index in [1.54, 1.807) is 0 Å². The maximum absolute atomic E-state index is 8.02. The van der Waals surface area contributed by atoms with Gasteiger partial charge in [0.2, 0.25) is 5.95 Å². The molecule has 0 bridgehead atoms. The Morgan fingerprint density at radius 1 is 1.24 bits per heavy atom. The summed E-state index contributed by atoms with van der Waals surface area (Å²) < 4.78 is 1.91. The minimum absolute atomic E-state index is 0.515. The molecule has 0 amide bonds. The van der Waals surface area contributed by atoms with Gasteiger partial charge in [0.05, 0.1) is 5.69 Å². The molecule has 0 saturated carbocycles. The van der Waals surface area contributed by atoms with Crippen molar-refractivity contribution in [3.05, 3.63) is 41.9 Å². The summed E-state index contributed by atoms with van der Waals surface area (Å²) in [5.74, 6) is 0.808. The normalized spacial score (nSPS) is 13.9. The van der Waals surface area contributed by atoms with E-state index in [1.165, 1.54) is 0 Å². The Labute approximate surface area is 99.5 Å². The summed E-state index contributed by atoms with van der Waals surface area (Å²) in [5, 5.41) is 11.3. The molecule has 0 radical (unpaired) electrons. The maximum atomic E-state index is 8.02. The Bertz CT molecular complexity index is 586. The lowest BCUT2D eigenvalue weighted by atomic mass is 10.1. The summed E-state index contributed by atoms with van der Waals surface area (Å²) in [6, 6.07) is 11.8. The molecule has 4 heteroatoms. The van der Waals surface area contributed by atoms with Crippen molar-refractivity contribution < 1.29 is 0 Å². The summed E-state index contributed by atoms with van der Waals surface area (Å²) in [6.07, 6.45) is 1.05. The standard InChI is InChI=1S/C13H14N4/c14-12-9-11(10-5-2-1-3-6-10)16-13-15-7-4-8-17(12)13/h1-3,5-6,9,14H,4,7-8H2,(H,15,16). The Kier molecular flexibility index (Phi) is 2.40. The molecule has 0 atom stereocenters. The number of fused-ring (bicyclic) bond motifs is 1. The highest BCUT2D eigenvalue weighted by atomic mass is 15.2. The first-order valence-electron chi connectivity index (χ1n) is 5.80. The summed E-state index contributed by atoms with van der Waals surface area (Å²) >= 11 is 0. The van der Waals surface area contributed by atoms with Gasteiger partial charge in [0.1, 0.15) is 5.49 Å². The maximum Gasteiger partial charge on any atom is 0.204 e. The molecule has 0 aliphatic carbocycles. The molecule has 0 saturated heterocycles. The van der Waals surface area contributed by atoms with Crippen molar-refractivity contribution in [3.8, 4) is 11.3 Å². The lowest BCUT2D eigenvalue weighted by molar-refractivity contribution is 0.584. The number of aromatic nitrogens is 2. The highest BCUT2D eigenvalue weighted by molar-refractivity contribution is 5.59. The molecule has 2 N–H and O–H groups in total. The predicted octanol–water partition coefficient (Wildman–Crippen LogP) is 1.85. The van der Waals surface area contributed by atoms with Gasteiger partial charge >= 0.3 is 0 Å². The van der Waals surface area contributed by atoms with E-state index >= 15 is 0 Å². The first-order valence-corrected chi connectivity index (χ1v) is 5.80. The quantitative estimate of drug-likeness (QED) is 0.779. The molecule has 0 spiro atoms. The summed E-state index contributed by atoms with van der Waals surface area (Å²) in [7, 11) is 0. The number of hydrogen-bond donors (Lipinski definition) is 2. The molecule has 1 aromatic carbocycles. The fraction of sp³-hybridized carbons (Fsp3) is 0.231. The van der Waals surface area contributed by atoms with Crippen molar-refractivity contribution in [1.82, 2.24) is 9.55 Å². The van der Waals surface area contributed by atoms with Crippen LogP contribution in [-0.2, 0) is 6.54 Å². The molecule has 1 aliphatic heterocycles. The number of hydrogen-bond acceptors (Lipinski definition) is 3. The van der Waals surface area contributed by atoms with Gasteiger partial charge in [-0.05, 0) is 6.42 Å². The van der Waals surface area contributed by atoms with Gasteiger partial charge in [-0.1, -0.05) is 30.3 Å². The monoisotopic (exact) mass is 226 g/mol. The fourth-order valence-corrected chi connectivity index (χ4v) is 2.08. The average molecular weight is 226 g/mol. The molecule has 1 aromatic heterocycles. The minimum Gasteiger partial charge on any atom is -0.356 e. The molecule has 2 aromatic rings. The van der Waals surface area contributed by atoms with E-state index < -0.39 is 0 Å². The number of benzene rings is 1. The van der Waals surface area contributed by atoms with Crippen molar-refractivity contribution in [1.29, 1.82) is 5.41 Å². The van der Waals surface area contributed by atoms with Crippen LogP contribution in [0.15, 0.2) is 36.4 Å². The third kappa shape index (κ3) is 1.82. The topological polar surface area (TPSA) is 53.7 Å². The molecule has 4 nitrogen and oxygen atoms in total. The predicted molar refractivity (Wildman–Crippen MR) is 66.6 cm³/mol. The van der Waals surface area contributed by atoms with E-state index in [2.05, 4.69) is 10.3 Å². The van der Waals surface area contributed by atoms with Gasteiger partial charge in [0, 0.05) is 24.7 Å². The van der Waals surface area contributed by atoms with Gasteiger partial charge in [0.15, 0.2) is 0 Å². The van der Waals surface area contributed by atoms with Crippen molar-refractivity contribution in [2.45, 2.75) is 13.0 Å². The number of nitrogens with zero attached hydrogens (tertiary/aromatic N) is 2. The van der Waals surface area contributed by atoms with Crippen LogP contribution in [0.2, 0.25) is 0 Å². The van der Waals surface area contributed by atoms with Crippen LogP contribution in [0.4, 0.5) is 5.95 Å². The zero-order chi connectivity index (χ0) is 11.7. The molecule has 0 fully saturated rings.